The lowest BCUT2D eigenvalue weighted by molar-refractivity contribution is -0.137. The fourth-order valence-corrected chi connectivity index (χ4v) is 4.09. The molecule has 0 aliphatic carbocycles. The monoisotopic (exact) mass is 489 g/mol. The number of amides is 2. The van der Waals surface area contributed by atoms with Gasteiger partial charge in [-0.25, -0.2) is 4.79 Å². The minimum Gasteiger partial charge on any atom is -0.361 e. The molecule has 0 unspecified atom stereocenters. The number of hydrogen-bond acceptors (Lipinski definition) is 2. The van der Waals surface area contributed by atoms with Crippen molar-refractivity contribution in [3.63, 3.8) is 0 Å². The van der Waals surface area contributed by atoms with E-state index in [2.05, 4.69) is 21.7 Å². The van der Waals surface area contributed by atoms with Gasteiger partial charge in [0.1, 0.15) is 5.69 Å². The third kappa shape index (κ3) is 4.68. The second-order valence-electron chi connectivity index (χ2n) is 8.23. The number of alkyl halides is 3. The largest absolute Gasteiger partial charge is 0.416 e. The van der Waals surface area contributed by atoms with E-state index in [0.717, 1.165) is 45.4 Å². The third-order valence-electron chi connectivity index (χ3n) is 5.83. The Balaban J connectivity index is 1.40. The van der Waals surface area contributed by atoms with Crippen LogP contribution in [-0.4, -0.2) is 20.8 Å². The highest BCUT2D eigenvalue weighted by atomic mass is 19.4. The molecule has 0 saturated heterocycles. The van der Waals surface area contributed by atoms with Gasteiger partial charge >= 0.3 is 12.2 Å². The SMILES string of the molecule is CCn1cc(-c2cccc3[nH]ccc23)c(-c2cccc(NC(=O)Nc3ccc(C(F)(F)F)cc3)c2)n1. The summed E-state index contributed by atoms with van der Waals surface area (Å²) >= 11 is 0. The maximum atomic E-state index is 12.8. The molecule has 0 aliphatic heterocycles. The van der Waals surface area contributed by atoms with Crippen LogP contribution >= 0.6 is 0 Å². The van der Waals surface area contributed by atoms with Gasteiger partial charge in [-0.15, -0.1) is 0 Å². The van der Waals surface area contributed by atoms with Crippen LogP contribution in [0.15, 0.2) is 85.2 Å². The summed E-state index contributed by atoms with van der Waals surface area (Å²) in [6.45, 7) is 2.71. The first-order valence-corrected chi connectivity index (χ1v) is 11.3. The Bertz CT molecular complexity index is 1530. The molecule has 0 spiro atoms. The van der Waals surface area contributed by atoms with E-state index in [9.17, 15) is 18.0 Å². The van der Waals surface area contributed by atoms with E-state index < -0.39 is 17.8 Å². The van der Waals surface area contributed by atoms with Gasteiger partial charge in [0.25, 0.3) is 0 Å². The highest BCUT2D eigenvalue weighted by Gasteiger charge is 2.30. The zero-order valence-electron chi connectivity index (χ0n) is 19.2. The minimum atomic E-state index is -4.43. The summed E-state index contributed by atoms with van der Waals surface area (Å²) in [7, 11) is 0. The van der Waals surface area contributed by atoms with Crippen LogP contribution in [0.2, 0.25) is 0 Å². The Kier molecular flexibility index (Phi) is 5.97. The number of nitrogens with zero attached hydrogens (tertiary/aromatic N) is 2. The van der Waals surface area contributed by atoms with Crippen LogP contribution in [-0.2, 0) is 12.7 Å². The van der Waals surface area contributed by atoms with Gasteiger partial charge in [-0.2, -0.15) is 18.3 Å². The van der Waals surface area contributed by atoms with Crippen molar-refractivity contribution in [2.24, 2.45) is 0 Å². The first-order chi connectivity index (χ1) is 17.3. The number of fused-ring (bicyclic) bond motifs is 1. The number of aryl methyl sites for hydroxylation is 1. The molecule has 0 aliphatic rings. The molecule has 182 valence electrons. The number of carbonyl (C=O) groups is 1. The van der Waals surface area contributed by atoms with Gasteiger partial charge in [-0.3, -0.25) is 4.68 Å². The molecule has 3 aromatic carbocycles. The van der Waals surface area contributed by atoms with Crippen LogP contribution < -0.4 is 10.6 Å². The lowest BCUT2D eigenvalue weighted by Gasteiger charge is -2.11. The highest BCUT2D eigenvalue weighted by molar-refractivity contribution is 6.01. The first-order valence-electron chi connectivity index (χ1n) is 11.3. The Morgan fingerprint density at radius 1 is 0.944 bits per heavy atom. The summed E-state index contributed by atoms with van der Waals surface area (Å²) in [6, 6.07) is 19.1. The lowest BCUT2D eigenvalue weighted by atomic mass is 9.99. The van der Waals surface area contributed by atoms with Crippen LogP contribution in [0.25, 0.3) is 33.3 Å². The predicted octanol–water partition coefficient (Wildman–Crippen LogP) is 7.38. The number of carbonyl (C=O) groups excluding carboxylic acids is 1. The molecule has 5 aromatic rings. The number of aromatic amines is 1. The Labute approximate surface area is 204 Å². The molecule has 36 heavy (non-hydrogen) atoms. The number of H-pyrrole nitrogens is 1. The van der Waals surface area contributed by atoms with Gasteiger partial charge in [-0.1, -0.05) is 24.3 Å². The molecule has 0 saturated carbocycles. The lowest BCUT2D eigenvalue weighted by Crippen LogP contribution is -2.19. The van der Waals surface area contributed by atoms with Crippen LogP contribution in [0.4, 0.5) is 29.3 Å². The molecule has 6 nitrogen and oxygen atoms in total. The number of anilines is 2. The number of aromatic nitrogens is 3. The smallest absolute Gasteiger partial charge is 0.361 e. The molecule has 3 N–H and O–H groups in total. The van der Waals surface area contributed by atoms with Gasteiger partial charge in [-0.05, 0) is 61.0 Å². The standard InChI is InChI=1S/C27H22F3N5O/c1-2-35-16-23(21-7-4-8-24-22(21)13-14-31-24)25(34-35)17-5-3-6-20(15-17)33-26(36)32-19-11-9-18(10-12-19)27(28,29)30/h3-16,31H,2H2,1H3,(H2,32,33,36). The quantitative estimate of drug-likeness (QED) is 0.241. The second-order valence-corrected chi connectivity index (χ2v) is 8.23. The fraction of sp³-hybridized carbons (Fsp3) is 0.111. The summed E-state index contributed by atoms with van der Waals surface area (Å²) < 4.78 is 40.2. The molecule has 5 rings (SSSR count). The maximum absolute atomic E-state index is 12.8. The molecule has 0 atom stereocenters. The molecule has 0 bridgehead atoms. The van der Waals surface area contributed by atoms with Crippen molar-refractivity contribution in [3.8, 4) is 22.4 Å². The van der Waals surface area contributed by atoms with Gasteiger partial charge in [0.05, 0.1) is 5.56 Å². The molecule has 2 aromatic heterocycles. The molecule has 2 amide bonds. The normalized spacial score (nSPS) is 11.6. The van der Waals surface area contributed by atoms with Crippen LogP contribution in [0.1, 0.15) is 12.5 Å². The second kappa shape index (κ2) is 9.26. The van der Waals surface area contributed by atoms with E-state index in [4.69, 9.17) is 5.10 Å². The summed E-state index contributed by atoms with van der Waals surface area (Å²) in [5, 5.41) is 11.1. The summed E-state index contributed by atoms with van der Waals surface area (Å²) in [4.78, 5) is 15.7. The number of nitrogens with one attached hydrogen (secondary N) is 3. The average Bonchev–Trinajstić information content (AvgIpc) is 3.51. The van der Waals surface area contributed by atoms with E-state index >= 15 is 0 Å². The maximum Gasteiger partial charge on any atom is 0.416 e. The minimum absolute atomic E-state index is 0.250. The average molecular weight is 490 g/mol. The third-order valence-corrected chi connectivity index (χ3v) is 5.83. The predicted molar refractivity (Wildman–Crippen MR) is 135 cm³/mol. The molecule has 0 radical (unpaired) electrons. The number of urea groups is 1. The molecular formula is C27H22F3N5O. The van der Waals surface area contributed by atoms with E-state index in [1.807, 2.05) is 60.4 Å². The first kappa shape index (κ1) is 23.2. The van der Waals surface area contributed by atoms with E-state index in [-0.39, 0.29) is 5.69 Å². The van der Waals surface area contributed by atoms with Crippen molar-refractivity contribution in [1.82, 2.24) is 14.8 Å². The Morgan fingerprint density at radius 3 is 2.44 bits per heavy atom. The zero-order chi connectivity index (χ0) is 25.3. The van der Waals surface area contributed by atoms with Crippen molar-refractivity contribution in [2.75, 3.05) is 10.6 Å². The van der Waals surface area contributed by atoms with Crippen LogP contribution in [0.5, 0.6) is 0 Å². The van der Waals surface area contributed by atoms with Gasteiger partial charge in [0.15, 0.2) is 0 Å². The summed E-state index contributed by atoms with van der Waals surface area (Å²) in [6.07, 6.45) is -0.524. The number of halogens is 3. The fourth-order valence-electron chi connectivity index (χ4n) is 4.09. The molecular weight excluding hydrogens is 467 g/mol. The van der Waals surface area contributed by atoms with Crippen molar-refractivity contribution in [1.29, 1.82) is 0 Å². The van der Waals surface area contributed by atoms with Crippen LogP contribution in [0, 0.1) is 0 Å². The summed E-state index contributed by atoms with van der Waals surface area (Å²) in [5.41, 5.74) is 4.62. The number of hydrogen-bond donors (Lipinski definition) is 3. The number of rotatable bonds is 5. The Morgan fingerprint density at radius 2 is 1.69 bits per heavy atom. The van der Waals surface area contributed by atoms with Crippen molar-refractivity contribution >= 4 is 28.3 Å². The zero-order valence-corrected chi connectivity index (χ0v) is 19.2. The highest BCUT2D eigenvalue weighted by Crippen LogP contribution is 2.36. The Hall–Kier alpha value is -4.53. The van der Waals surface area contributed by atoms with E-state index in [1.54, 1.807) is 6.07 Å². The molecule has 9 heteroatoms. The van der Waals surface area contributed by atoms with Gasteiger partial charge in [0, 0.05) is 52.3 Å². The molecule has 0 fully saturated rings. The van der Waals surface area contributed by atoms with Crippen molar-refractivity contribution in [2.45, 2.75) is 19.6 Å². The van der Waals surface area contributed by atoms with Crippen LogP contribution in [0.3, 0.4) is 0 Å². The van der Waals surface area contributed by atoms with E-state index in [1.165, 1.54) is 12.1 Å². The van der Waals surface area contributed by atoms with E-state index in [0.29, 0.717) is 12.2 Å². The molecule has 2 heterocycles. The topological polar surface area (TPSA) is 74.7 Å². The number of benzene rings is 3. The van der Waals surface area contributed by atoms with Gasteiger partial charge in [0.2, 0.25) is 0 Å². The van der Waals surface area contributed by atoms with Crippen molar-refractivity contribution in [3.05, 3.63) is 90.8 Å². The van der Waals surface area contributed by atoms with Crippen molar-refractivity contribution < 1.29 is 18.0 Å². The van der Waals surface area contributed by atoms with Gasteiger partial charge < -0.3 is 15.6 Å². The summed E-state index contributed by atoms with van der Waals surface area (Å²) in [5.74, 6) is 0.